The van der Waals surface area contributed by atoms with Crippen molar-refractivity contribution >= 4 is 60.6 Å². The lowest BCUT2D eigenvalue weighted by molar-refractivity contribution is -0.118. The van der Waals surface area contributed by atoms with Gasteiger partial charge in [0, 0.05) is 21.3 Å². The van der Waals surface area contributed by atoms with Crippen LogP contribution >= 0.6 is 31.9 Å². The van der Waals surface area contributed by atoms with E-state index in [1.165, 1.54) is 18.0 Å². The summed E-state index contributed by atoms with van der Waals surface area (Å²) in [5.41, 5.74) is 2.30. The van der Waals surface area contributed by atoms with Crippen LogP contribution in [0.15, 0.2) is 110 Å². The van der Waals surface area contributed by atoms with Crippen LogP contribution < -0.4 is 20.3 Å². The Bertz CT molecular complexity index is 1770. The van der Waals surface area contributed by atoms with Crippen LogP contribution in [0.2, 0.25) is 0 Å². The average Bonchev–Trinajstić information content (AvgIpc) is 2.99. The van der Waals surface area contributed by atoms with E-state index in [1.54, 1.807) is 36.4 Å². The van der Waals surface area contributed by atoms with Crippen LogP contribution in [0, 0.1) is 0 Å². The molecule has 0 aliphatic heterocycles. The van der Waals surface area contributed by atoms with E-state index in [1.807, 2.05) is 54.6 Å². The average molecular weight is 662 g/mol. The zero-order valence-electron chi connectivity index (χ0n) is 21.2. The summed E-state index contributed by atoms with van der Waals surface area (Å²) in [6.07, 6.45) is 1.54. The van der Waals surface area contributed by atoms with Crippen LogP contribution in [0.25, 0.3) is 22.3 Å². The fraction of sp³-hybridized carbons (Fsp3) is 0.0667. The van der Waals surface area contributed by atoms with Crippen molar-refractivity contribution in [3.8, 4) is 22.9 Å². The van der Waals surface area contributed by atoms with Crippen molar-refractivity contribution in [2.75, 3.05) is 19.0 Å². The lowest BCUT2D eigenvalue weighted by Crippen LogP contribution is -2.20. The quantitative estimate of drug-likeness (QED) is 0.192. The molecule has 0 spiro atoms. The van der Waals surface area contributed by atoms with Gasteiger partial charge in [0.2, 0.25) is 0 Å². The van der Waals surface area contributed by atoms with Gasteiger partial charge in [0.1, 0.15) is 0 Å². The molecule has 0 fully saturated rings. The van der Waals surface area contributed by atoms with Crippen LogP contribution in [-0.2, 0) is 4.79 Å². The van der Waals surface area contributed by atoms with Crippen LogP contribution in [-0.4, -0.2) is 35.5 Å². The number of amides is 1. The van der Waals surface area contributed by atoms with Gasteiger partial charge in [-0.3, -0.25) is 9.59 Å². The Morgan fingerprint density at radius 1 is 0.975 bits per heavy atom. The highest BCUT2D eigenvalue weighted by Crippen LogP contribution is 2.42. The van der Waals surface area contributed by atoms with Gasteiger partial charge in [-0.05, 0) is 62.2 Å². The summed E-state index contributed by atoms with van der Waals surface area (Å²) in [7, 11) is 1.50. The minimum atomic E-state index is -0.321. The van der Waals surface area contributed by atoms with Gasteiger partial charge in [-0.2, -0.15) is 9.78 Å². The third-order valence-electron chi connectivity index (χ3n) is 5.88. The molecule has 5 aromatic rings. The molecule has 0 aliphatic carbocycles. The second-order valence-corrected chi connectivity index (χ2v) is 10.1. The summed E-state index contributed by atoms with van der Waals surface area (Å²) in [6.45, 7) is -0.234. The standard InChI is InChI=1S/C30H22Br2N4O4/c1-39-24-16-20(26(31)27(32)28(24)40-18-25(37)34-21-12-6-3-7-13-21)17-33-36-29(19-10-4-2-5-11-19)35-23-15-9-8-14-22(23)30(36)38/h2-17H,18H2,1H3,(H,34,37). The number of halogens is 2. The first-order valence-corrected chi connectivity index (χ1v) is 13.7. The number of nitrogens with one attached hydrogen (secondary N) is 1. The van der Waals surface area contributed by atoms with Crippen molar-refractivity contribution in [1.82, 2.24) is 9.66 Å². The molecular formula is C30H22Br2N4O4. The summed E-state index contributed by atoms with van der Waals surface area (Å²) in [5.74, 6) is 0.797. The van der Waals surface area contributed by atoms with Crippen molar-refractivity contribution in [2.24, 2.45) is 5.10 Å². The van der Waals surface area contributed by atoms with E-state index in [0.29, 0.717) is 48.4 Å². The molecule has 1 aromatic heterocycles. The van der Waals surface area contributed by atoms with E-state index in [9.17, 15) is 9.59 Å². The molecule has 1 amide bonds. The van der Waals surface area contributed by atoms with Gasteiger partial charge in [0.05, 0.1) is 28.7 Å². The molecule has 0 saturated carbocycles. The van der Waals surface area contributed by atoms with Crippen LogP contribution in [0.4, 0.5) is 5.69 Å². The van der Waals surface area contributed by atoms with Gasteiger partial charge < -0.3 is 14.8 Å². The molecule has 8 nitrogen and oxygen atoms in total. The zero-order chi connectivity index (χ0) is 28.1. The third-order valence-corrected chi connectivity index (χ3v) is 8.02. The predicted octanol–water partition coefficient (Wildman–Crippen LogP) is 6.50. The summed E-state index contributed by atoms with van der Waals surface area (Å²) in [5, 5.41) is 7.77. The molecule has 1 heterocycles. The SMILES string of the molecule is COc1cc(C=Nn2c(-c3ccccc3)nc3ccccc3c2=O)c(Br)c(Br)c1OCC(=O)Nc1ccccc1. The number of fused-ring (bicyclic) bond motifs is 1. The first kappa shape index (κ1) is 27.3. The number of hydrogen-bond donors (Lipinski definition) is 1. The molecule has 0 saturated heterocycles. The van der Waals surface area contributed by atoms with E-state index < -0.39 is 0 Å². The summed E-state index contributed by atoms with van der Waals surface area (Å²) < 4.78 is 13.8. The topological polar surface area (TPSA) is 94.8 Å². The number of methoxy groups -OCH3 is 1. The molecule has 4 aromatic carbocycles. The Kier molecular flexibility index (Phi) is 8.37. The van der Waals surface area contributed by atoms with Crippen molar-refractivity contribution in [3.63, 3.8) is 0 Å². The maximum Gasteiger partial charge on any atom is 0.282 e. The number of aromatic nitrogens is 2. The fourth-order valence-electron chi connectivity index (χ4n) is 3.97. The Balaban J connectivity index is 1.48. The first-order chi connectivity index (χ1) is 19.5. The molecule has 0 unspecified atom stereocenters. The number of carbonyl (C=O) groups excluding carboxylic acids is 1. The number of para-hydroxylation sites is 2. The number of hydrogen-bond acceptors (Lipinski definition) is 6. The molecule has 1 N–H and O–H groups in total. The van der Waals surface area contributed by atoms with Gasteiger partial charge >= 0.3 is 0 Å². The van der Waals surface area contributed by atoms with E-state index >= 15 is 0 Å². The largest absolute Gasteiger partial charge is 0.493 e. The zero-order valence-corrected chi connectivity index (χ0v) is 24.3. The molecule has 200 valence electrons. The van der Waals surface area contributed by atoms with Crippen LogP contribution in [0.1, 0.15) is 5.56 Å². The highest BCUT2D eigenvalue weighted by Gasteiger charge is 2.18. The number of benzene rings is 4. The normalized spacial score (nSPS) is 11.1. The van der Waals surface area contributed by atoms with E-state index in [2.05, 4.69) is 42.3 Å². The second-order valence-electron chi connectivity index (χ2n) is 8.51. The van der Waals surface area contributed by atoms with Gasteiger partial charge in [0.15, 0.2) is 23.9 Å². The Hall–Kier alpha value is -4.28. The van der Waals surface area contributed by atoms with E-state index in [4.69, 9.17) is 14.5 Å². The minimum absolute atomic E-state index is 0.234. The maximum absolute atomic E-state index is 13.5. The molecule has 0 bridgehead atoms. The molecule has 5 rings (SSSR count). The molecule has 10 heteroatoms. The smallest absolute Gasteiger partial charge is 0.282 e. The number of rotatable bonds is 8. The Morgan fingerprint density at radius 3 is 2.38 bits per heavy atom. The van der Waals surface area contributed by atoms with Gasteiger partial charge in [-0.15, -0.1) is 0 Å². The summed E-state index contributed by atoms with van der Waals surface area (Å²) in [4.78, 5) is 30.6. The minimum Gasteiger partial charge on any atom is -0.493 e. The highest BCUT2D eigenvalue weighted by atomic mass is 79.9. The molecular weight excluding hydrogens is 640 g/mol. The predicted molar refractivity (Wildman–Crippen MR) is 163 cm³/mol. The molecule has 0 atom stereocenters. The van der Waals surface area contributed by atoms with Crippen molar-refractivity contribution in [1.29, 1.82) is 0 Å². The van der Waals surface area contributed by atoms with Crippen LogP contribution in [0.3, 0.4) is 0 Å². The summed E-state index contributed by atoms with van der Waals surface area (Å²) in [6, 6.07) is 27.4. The van der Waals surface area contributed by atoms with E-state index in [0.717, 1.165) is 5.56 Å². The van der Waals surface area contributed by atoms with Gasteiger partial charge in [0.25, 0.3) is 11.5 Å². The number of anilines is 1. The highest BCUT2D eigenvalue weighted by molar-refractivity contribution is 9.13. The Morgan fingerprint density at radius 2 is 1.65 bits per heavy atom. The van der Waals surface area contributed by atoms with Crippen LogP contribution in [0.5, 0.6) is 11.5 Å². The van der Waals surface area contributed by atoms with Crippen molar-refractivity contribution < 1.29 is 14.3 Å². The monoisotopic (exact) mass is 660 g/mol. The Labute approximate surface area is 246 Å². The fourth-order valence-corrected chi connectivity index (χ4v) is 4.90. The third kappa shape index (κ3) is 5.83. The number of nitrogens with zero attached hydrogens (tertiary/aromatic N) is 3. The van der Waals surface area contributed by atoms with Gasteiger partial charge in [-0.1, -0.05) is 60.7 Å². The molecule has 0 radical (unpaired) electrons. The van der Waals surface area contributed by atoms with Gasteiger partial charge in [-0.25, -0.2) is 4.98 Å². The molecule has 40 heavy (non-hydrogen) atoms. The number of carbonyl (C=O) groups is 1. The first-order valence-electron chi connectivity index (χ1n) is 12.1. The lowest BCUT2D eigenvalue weighted by Gasteiger charge is -2.15. The maximum atomic E-state index is 13.5. The number of ether oxygens (including phenoxy) is 2. The van der Waals surface area contributed by atoms with E-state index in [-0.39, 0.29) is 18.1 Å². The lowest BCUT2D eigenvalue weighted by atomic mass is 10.2. The second kappa shape index (κ2) is 12.3. The molecule has 0 aliphatic rings. The van der Waals surface area contributed by atoms with Crippen molar-refractivity contribution in [2.45, 2.75) is 0 Å². The summed E-state index contributed by atoms with van der Waals surface area (Å²) >= 11 is 7.11. The van der Waals surface area contributed by atoms with Crippen molar-refractivity contribution in [3.05, 3.63) is 116 Å².